The lowest BCUT2D eigenvalue weighted by Crippen LogP contribution is -2.44. The fourth-order valence-corrected chi connectivity index (χ4v) is 5.38. The smallest absolute Gasteiger partial charge is 0.110 e. The summed E-state index contributed by atoms with van der Waals surface area (Å²) in [7, 11) is 0. The summed E-state index contributed by atoms with van der Waals surface area (Å²) in [6, 6.07) is 0. The third-order valence-electron chi connectivity index (χ3n) is 7.07. The second-order valence-electron chi connectivity index (χ2n) is 8.56. The van der Waals surface area contributed by atoms with Gasteiger partial charge in [0, 0.05) is 0 Å². The van der Waals surface area contributed by atoms with Gasteiger partial charge in [-0.05, 0) is 62.2 Å². The molecule has 0 aromatic carbocycles. The van der Waals surface area contributed by atoms with Gasteiger partial charge in [-0.15, -0.1) is 0 Å². The van der Waals surface area contributed by atoms with Gasteiger partial charge < -0.3 is 20.1 Å². The highest BCUT2D eigenvalue weighted by atomic mass is 16.5. The molecule has 4 nitrogen and oxygen atoms in total. The van der Waals surface area contributed by atoms with Crippen LogP contribution in [0.25, 0.3) is 0 Å². The van der Waals surface area contributed by atoms with Crippen LogP contribution in [0.5, 0.6) is 0 Å². The van der Waals surface area contributed by atoms with Crippen LogP contribution >= 0.6 is 0 Å². The van der Waals surface area contributed by atoms with Crippen LogP contribution in [-0.4, -0.2) is 46.8 Å². The van der Waals surface area contributed by atoms with Crippen molar-refractivity contribution in [1.82, 2.24) is 0 Å². The number of ether oxygens (including phenoxy) is 1. The zero-order valence-electron chi connectivity index (χ0n) is 15.7. The molecule has 3 N–H and O–H groups in total. The third-order valence-corrected chi connectivity index (χ3v) is 7.07. The summed E-state index contributed by atoms with van der Waals surface area (Å²) < 4.78 is 5.39. The number of allylic oxidation sites excluding steroid dienone is 3. The molecular weight excluding hydrogens is 316 g/mol. The minimum absolute atomic E-state index is 0.0939. The van der Waals surface area contributed by atoms with Gasteiger partial charge in [-0.1, -0.05) is 37.1 Å². The molecule has 0 aromatic rings. The van der Waals surface area contributed by atoms with E-state index in [1.165, 1.54) is 32.1 Å². The van der Waals surface area contributed by atoms with Crippen molar-refractivity contribution in [2.24, 2.45) is 17.3 Å². The van der Waals surface area contributed by atoms with E-state index in [9.17, 15) is 10.2 Å². The van der Waals surface area contributed by atoms with Gasteiger partial charge in [-0.3, -0.25) is 0 Å². The first-order valence-electron chi connectivity index (χ1n) is 9.92. The average Bonchev–Trinajstić information content (AvgIpc) is 2.88. The van der Waals surface area contributed by atoms with E-state index in [0.717, 1.165) is 11.5 Å². The number of hydrogen-bond donors (Lipinski definition) is 3. The molecule has 3 unspecified atom stereocenters. The predicted octanol–water partition coefficient (Wildman–Crippen LogP) is 2.97. The van der Waals surface area contributed by atoms with E-state index in [-0.39, 0.29) is 13.2 Å². The van der Waals surface area contributed by atoms with E-state index in [2.05, 4.69) is 26.0 Å². The van der Waals surface area contributed by atoms with Crippen molar-refractivity contribution < 1.29 is 20.1 Å². The highest BCUT2D eigenvalue weighted by Crippen LogP contribution is 2.57. The fourth-order valence-electron chi connectivity index (χ4n) is 5.38. The maximum atomic E-state index is 10.3. The first kappa shape index (κ1) is 19.1. The highest BCUT2D eigenvalue weighted by Gasteiger charge is 2.47. The molecule has 0 radical (unpaired) electrons. The molecule has 4 heteroatoms. The standard InChI is InChI=1S/C21H34O4/c1-14-5-8-17-16(4-3-9-21(14,17)2)7-6-15-12-18(23)20(19(24)13-15)25-11-10-22/h6-7,14,17-20,22-24H,3-5,8-13H2,1-2H3/b15-6?,16-7+/t14?,17?,18-,19-,20?,21?/m1/s1. The lowest BCUT2D eigenvalue weighted by molar-refractivity contribution is -0.115. The van der Waals surface area contributed by atoms with Crippen LogP contribution in [0.3, 0.4) is 0 Å². The average molecular weight is 350 g/mol. The Morgan fingerprint density at radius 1 is 1.16 bits per heavy atom. The lowest BCUT2D eigenvalue weighted by Gasteiger charge is -2.41. The SMILES string of the molecule is CC1CCC2/C(=C/C=C3C[C@@H](O)C(OCCO)[C@H](O)C3)CCCC12C. The van der Waals surface area contributed by atoms with Gasteiger partial charge in [0.25, 0.3) is 0 Å². The van der Waals surface area contributed by atoms with Gasteiger partial charge in [-0.2, -0.15) is 0 Å². The monoisotopic (exact) mass is 350 g/mol. The lowest BCUT2D eigenvalue weighted by atomic mass is 9.64. The van der Waals surface area contributed by atoms with E-state index < -0.39 is 18.3 Å². The Labute approximate surface area is 151 Å². The molecular formula is C21H34O4. The molecule has 0 amide bonds. The normalized spacial score (nSPS) is 43.3. The first-order chi connectivity index (χ1) is 12.0. The molecule has 3 fully saturated rings. The van der Waals surface area contributed by atoms with Crippen molar-refractivity contribution in [2.75, 3.05) is 13.2 Å². The Morgan fingerprint density at radius 2 is 1.88 bits per heavy atom. The Hall–Kier alpha value is -0.680. The largest absolute Gasteiger partial charge is 0.394 e. The molecule has 0 aromatic heterocycles. The van der Waals surface area contributed by atoms with Gasteiger partial charge in [0.15, 0.2) is 0 Å². The van der Waals surface area contributed by atoms with Crippen LogP contribution < -0.4 is 0 Å². The molecule has 3 aliphatic carbocycles. The van der Waals surface area contributed by atoms with Crippen LogP contribution in [0.2, 0.25) is 0 Å². The molecule has 0 aliphatic heterocycles. The molecule has 5 atom stereocenters. The Bertz CT molecular complexity index is 512. The zero-order chi connectivity index (χ0) is 18.0. The summed E-state index contributed by atoms with van der Waals surface area (Å²) in [5.74, 6) is 1.50. The molecule has 0 bridgehead atoms. The molecule has 25 heavy (non-hydrogen) atoms. The number of aliphatic hydroxyl groups excluding tert-OH is 3. The van der Waals surface area contributed by atoms with Crippen LogP contribution in [0.4, 0.5) is 0 Å². The molecule has 142 valence electrons. The predicted molar refractivity (Wildman–Crippen MR) is 98.1 cm³/mol. The zero-order valence-corrected chi connectivity index (χ0v) is 15.7. The molecule has 3 saturated carbocycles. The van der Waals surface area contributed by atoms with Crippen molar-refractivity contribution in [3.05, 3.63) is 23.3 Å². The highest BCUT2D eigenvalue weighted by molar-refractivity contribution is 5.26. The van der Waals surface area contributed by atoms with E-state index in [0.29, 0.717) is 24.2 Å². The molecule has 0 saturated heterocycles. The fraction of sp³-hybridized carbons (Fsp3) is 0.810. The minimum Gasteiger partial charge on any atom is -0.394 e. The van der Waals surface area contributed by atoms with Crippen LogP contribution in [-0.2, 0) is 4.74 Å². The van der Waals surface area contributed by atoms with E-state index in [4.69, 9.17) is 9.84 Å². The van der Waals surface area contributed by atoms with Gasteiger partial charge in [0.1, 0.15) is 6.10 Å². The topological polar surface area (TPSA) is 69.9 Å². The van der Waals surface area contributed by atoms with Crippen molar-refractivity contribution in [3.8, 4) is 0 Å². The Balaban J connectivity index is 1.68. The van der Waals surface area contributed by atoms with Gasteiger partial charge >= 0.3 is 0 Å². The van der Waals surface area contributed by atoms with Gasteiger partial charge in [-0.25, -0.2) is 0 Å². The number of aliphatic hydroxyl groups is 3. The number of fused-ring (bicyclic) bond motifs is 1. The minimum atomic E-state index is -0.705. The Kier molecular flexibility index (Phi) is 6.04. The van der Waals surface area contributed by atoms with Gasteiger partial charge in [0.2, 0.25) is 0 Å². The van der Waals surface area contributed by atoms with Crippen molar-refractivity contribution in [2.45, 2.75) is 77.1 Å². The molecule has 3 aliphatic rings. The maximum Gasteiger partial charge on any atom is 0.110 e. The maximum absolute atomic E-state index is 10.3. The van der Waals surface area contributed by atoms with E-state index >= 15 is 0 Å². The number of rotatable bonds is 4. The summed E-state index contributed by atoms with van der Waals surface area (Å²) in [6.07, 6.45) is 9.92. The first-order valence-corrected chi connectivity index (χ1v) is 9.92. The quantitative estimate of drug-likeness (QED) is 0.729. The van der Waals surface area contributed by atoms with Crippen molar-refractivity contribution >= 4 is 0 Å². The van der Waals surface area contributed by atoms with Crippen LogP contribution in [0, 0.1) is 17.3 Å². The van der Waals surface area contributed by atoms with Gasteiger partial charge in [0.05, 0.1) is 25.4 Å². The molecule has 0 heterocycles. The van der Waals surface area contributed by atoms with Crippen molar-refractivity contribution in [1.29, 1.82) is 0 Å². The van der Waals surface area contributed by atoms with Crippen LogP contribution in [0.1, 0.15) is 58.8 Å². The van der Waals surface area contributed by atoms with E-state index in [1.54, 1.807) is 5.57 Å². The molecule has 0 spiro atoms. The summed E-state index contributed by atoms with van der Waals surface area (Å²) in [6.45, 7) is 4.93. The second kappa shape index (κ2) is 7.91. The second-order valence-corrected chi connectivity index (χ2v) is 8.56. The summed E-state index contributed by atoms with van der Waals surface area (Å²) in [4.78, 5) is 0. The van der Waals surface area contributed by atoms with Crippen molar-refractivity contribution in [3.63, 3.8) is 0 Å². The number of hydrogen-bond acceptors (Lipinski definition) is 4. The van der Waals surface area contributed by atoms with Crippen LogP contribution in [0.15, 0.2) is 23.3 Å². The molecule has 3 rings (SSSR count). The summed E-state index contributed by atoms with van der Waals surface area (Å²) >= 11 is 0. The third kappa shape index (κ3) is 3.87. The summed E-state index contributed by atoms with van der Waals surface area (Å²) in [5, 5.41) is 29.4. The summed E-state index contributed by atoms with van der Waals surface area (Å²) in [5.41, 5.74) is 3.11. The Morgan fingerprint density at radius 3 is 2.56 bits per heavy atom. The van der Waals surface area contributed by atoms with E-state index in [1.807, 2.05) is 0 Å².